The van der Waals surface area contributed by atoms with Gasteiger partial charge in [0.25, 0.3) is 0 Å². The predicted molar refractivity (Wildman–Crippen MR) is 41.0 cm³/mol. The monoisotopic (exact) mass is 154 g/mol. The molecule has 0 fully saturated rings. The second-order valence-electron chi connectivity index (χ2n) is 1.91. The third-order valence-electron chi connectivity index (χ3n) is 0.979. The number of hydrogen-bond donors (Lipinski definition) is 0. The van der Waals surface area contributed by atoms with E-state index >= 15 is 0 Å². The van der Waals surface area contributed by atoms with E-state index in [1.165, 1.54) is 25.3 Å². The van der Waals surface area contributed by atoms with Gasteiger partial charge in [-0.1, -0.05) is 12.2 Å². The van der Waals surface area contributed by atoms with Crippen LogP contribution in [0.4, 0.5) is 0 Å². The Hall–Kier alpha value is -1.38. The third kappa shape index (κ3) is 5.08. The highest BCUT2D eigenvalue weighted by molar-refractivity contribution is 5.82. The first-order chi connectivity index (χ1) is 5.20. The molecule has 11 heavy (non-hydrogen) atoms. The van der Waals surface area contributed by atoms with E-state index in [0.717, 1.165) is 0 Å². The molecule has 0 N–H and O–H groups in total. The van der Waals surface area contributed by atoms with Crippen LogP contribution in [0.15, 0.2) is 23.8 Å². The van der Waals surface area contributed by atoms with Crippen molar-refractivity contribution in [3.8, 4) is 0 Å². The summed E-state index contributed by atoms with van der Waals surface area (Å²) in [6, 6.07) is 0. The summed E-state index contributed by atoms with van der Waals surface area (Å²) in [4.78, 5) is 20.5. The van der Waals surface area contributed by atoms with Gasteiger partial charge in [-0.25, -0.2) is 4.79 Å². The SMILES string of the molecule is COC(=O)/C=C/C=C(/C)C=O. The number of hydrogen-bond acceptors (Lipinski definition) is 3. The molecule has 0 amide bonds. The summed E-state index contributed by atoms with van der Waals surface area (Å²) >= 11 is 0. The highest BCUT2D eigenvalue weighted by atomic mass is 16.5. The van der Waals surface area contributed by atoms with E-state index in [1.54, 1.807) is 6.92 Å². The molecule has 0 radical (unpaired) electrons. The van der Waals surface area contributed by atoms with E-state index in [2.05, 4.69) is 4.74 Å². The van der Waals surface area contributed by atoms with Gasteiger partial charge in [0.05, 0.1) is 7.11 Å². The number of allylic oxidation sites excluding steroid dienone is 3. The van der Waals surface area contributed by atoms with Crippen molar-refractivity contribution in [1.82, 2.24) is 0 Å². The molecule has 0 bridgehead atoms. The van der Waals surface area contributed by atoms with E-state index in [4.69, 9.17) is 0 Å². The van der Waals surface area contributed by atoms with E-state index < -0.39 is 5.97 Å². The highest BCUT2D eigenvalue weighted by Crippen LogP contribution is 1.87. The standard InChI is InChI=1S/C8H10O3/c1-7(6-9)4-3-5-8(10)11-2/h3-6H,1-2H3/b5-3+,7-4-. The average molecular weight is 154 g/mol. The van der Waals surface area contributed by atoms with Crippen LogP contribution in [0, 0.1) is 0 Å². The van der Waals surface area contributed by atoms with Crippen LogP contribution in [0.3, 0.4) is 0 Å². The summed E-state index contributed by atoms with van der Waals surface area (Å²) < 4.78 is 4.32. The second kappa shape index (κ2) is 5.41. The van der Waals surface area contributed by atoms with Crippen LogP contribution in [-0.2, 0) is 14.3 Å². The number of rotatable bonds is 3. The zero-order valence-corrected chi connectivity index (χ0v) is 6.53. The lowest BCUT2D eigenvalue weighted by molar-refractivity contribution is -0.134. The van der Waals surface area contributed by atoms with Crippen LogP contribution < -0.4 is 0 Å². The fraction of sp³-hybridized carbons (Fsp3) is 0.250. The molecular weight excluding hydrogens is 144 g/mol. The van der Waals surface area contributed by atoms with Gasteiger partial charge in [-0.3, -0.25) is 4.79 Å². The number of ether oxygens (including phenoxy) is 1. The zero-order valence-electron chi connectivity index (χ0n) is 6.53. The topological polar surface area (TPSA) is 43.4 Å². The van der Waals surface area contributed by atoms with Crippen LogP contribution in [0.5, 0.6) is 0 Å². The number of methoxy groups -OCH3 is 1. The molecule has 0 saturated carbocycles. The fourth-order valence-corrected chi connectivity index (χ4v) is 0.386. The number of esters is 1. The summed E-state index contributed by atoms with van der Waals surface area (Å²) in [5, 5.41) is 0. The molecule has 0 aliphatic heterocycles. The summed E-state index contributed by atoms with van der Waals surface area (Å²) in [7, 11) is 1.29. The van der Waals surface area contributed by atoms with Gasteiger partial charge in [0, 0.05) is 6.08 Å². The molecule has 0 rings (SSSR count). The van der Waals surface area contributed by atoms with Gasteiger partial charge in [0.1, 0.15) is 6.29 Å². The molecule has 0 heterocycles. The maximum atomic E-state index is 10.5. The van der Waals surface area contributed by atoms with E-state index in [-0.39, 0.29) is 0 Å². The first-order valence-corrected chi connectivity index (χ1v) is 3.08. The Kier molecular flexibility index (Phi) is 4.73. The summed E-state index contributed by atoms with van der Waals surface area (Å²) in [5.74, 6) is -0.431. The van der Waals surface area contributed by atoms with Gasteiger partial charge >= 0.3 is 5.97 Å². The van der Waals surface area contributed by atoms with Crippen LogP contribution in [0.25, 0.3) is 0 Å². The molecule has 0 aromatic carbocycles. The molecular formula is C8H10O3. The molecule has 0 aromatic heterocycles. The molecule has 0 aliphatic carbocycles. The molecule has 3 heteroatoms. The van der Waals surface area contributed by atoms with Gasteiger partial charge in [-0.15, -0.1) is 0 Å². The number of carbonyl (C=O) groups is 2. The Morgan fingerprint density at radius 1 is 1.45 bits per heavy atom. The summed E-state index contributed by atoms with van der Waals surface area (Å²) in [6.07, 6.45) is 4.95. The van der Waals surface area contributed by atoms with E-state index in [0.29, 0.717) is 11.9 Å². The minimum absolute atomic E-state index is 0.431. The Balaban J connectivity index is 3.95. The number of carbonyl (C=O) groups excluding carboxylic acids is 2. The average Bonchev–Trinajstić information content (AvgIpc) is 2.04. The Morgan fingerprint density at radius 2 is 2.09 bits per heavy atom. The van der Waals surface area contributed by atoms with Crippen LogP contribution >= 0.6 is 0 Å². The molecule has 3 nitrogen and oxygen atoms in total. The Labute approximate surface area is 65.4 Å². The molecule has 0 aliphatic rings. The molecule has 0 spiro atoms. The maximum absolute atomic E-state index is 10.5. The Morgan fingerprint density at radius 3 is 2.55 bits per heavy atom. The van der Waals surface area contributed by atoms with Gasteiger partial charge < -0.3 is 4.74 Å². The highest BCUT2D eigenvalue weighted by Gasteiger charge is 1.87. The van der Waals surface area contributed by atoms with Crippen molar-refractivity contribution in [1.29, 1.82) is 0 Å². The van der Waals surface area contributed by atoms with E-state index in [1.807, 2.05) is 0 Å². The maximum Gasteiger partial charge on any atom is 0.330 e. The molecule has 0 atom stereocenters. The smallest absolute Gasteiger partial charge is 0.330 e. The van der Waals surface area contributed by atoms with Gasteiger partial charge in [-0.05, 0) is 12.5 Å². The first kappa shape index (κ1) is 9.62. The predicted octanol–water partition coefficient (Wildman–Crippen LogP) is 0.861. The van der Waals surface area contributed by atoms with Crippen LogP contribution in [-0.4, -0.2) is 19.4 Å². The van der Waals surface area contributed by atoms with Crippen molar-refractivity contribution in [2.75, 3.05) is 7.11 Å². The summed E-state index contributed by atoms with van der Waals surface area (Å²) in [5.41, 5.74) is 0.560. The van der Waals surface area contributed by atoms with Crippen molar-refractivity contribution >= 4 is 12.3 Å². The molecule has 60 valence electrons. The van der Waals surface area contributed by atoms with Crippen molar-refractivity contribution < 1.29 is 14.3 Å². The second-order valence-corrected chi connectivity index (χ2v) is 1.91. The van der Waals surface area contributed by atoms with Crippen molar-refractivity contribution in [3.63, 3.8) is 0 Å². The van der Waals surface area contributed by atoms with Crippen LogP contribution in [0.1, 0.15) is 6.92 Å². The lowest BCUT2D eigenvalue weighted by atomic mass is 10.3. The van der Waals surface area contributed by atoms with Gasteiger partial charge in [0.2, 0.25) is 0 Å². The normalized spacial score (nSPS) is 11.6. The lowest BCUT2D eigenvalue weighted by Crippen LogP contribution is -1.92. The zero-order chi connectivity index (χ0) is 8.69. The van der Waals surface area contributed by atoms with Gasteiger partial charge in [0.15, 0.2) is 0 Å². The third-order valence-corrected chi connectivity index (χ3v) is 0.979. The summed E-state index contributed by atoms with van der Waals surface area (Å²) in [6.45, 7) is 1.65. The molecule has 0 unspecified atom stereocenters. The molecule has 0 saturated heterocycles. The van der Waals surface area contributed by atoms with Crippen LogP contribution in [0.2, 0.25) is 0 Å². The van der Waals surface area contributed by atoms with Crippen molar-refractivity contribution in [2.45, 2.75) is 6.92 Å². The largest absolute Gasteiger partial charge is 0.466 e. The quantitative estimate of drug-likeness (QED) is 0.262. The van der Waals surface area contributed by atoms with Gasteiger partial charge in [-0.2, -0.15) is 0 Å². The lowest BCUT2D eigenvalue weighted by Gasteiger charge is -1.86. The first-order valence-electron chi connectivity index (χ1n) is 3.08. The fourth-order valence-electron chi connectivity index (χ4n) is 0.386. The Bertz CT molecular complexity index is 201. The van der Waals surface area contributed by atoms with Crippen molar-refractivity contribution in [3.05, 3.63) is 23.8 Å². The number of aldehydes is 1. The van der Waals surface area contributed by atoms with E-state index in [9.17, 15) is 9.59 Å². The minimum atomic E-state index is -0.431. The molecule has 0 aromatic rings. The minimum Gasteiger partial charge on any atom is -0.466 e. The van der Waals surface area contributed by atoms with Crippen molar-refractivity contribution in [2.24, 2.45) is 0 Å².